The number of para-hydroxylation sites is 1. The molecule has 1 aliphatic rings. The largest absolute Gasteiger partial charge is 0.481 e. The van der Waals surface area contributed by atoms with Crippen LogP contribution in [0.2, 0.25) is 0 Å². The van der Waals surface area contributed by atoms with Gasteiger partial charge in [-0.25, -0.2) is 4.79 Å². The summed E-state index contributed by atoms with van der Waals surface area (Å²) in [6.45, 7) is 0. The number of anilines is 1. The second-order valence-corrected chi connectivity index (χ2v) is 5.84. The van der Waals surface area contributed by atoms with Gasteiger partial charge in [0.25, 0.3) is 0 Å². The number of Topliss-reactive ketones (excluding diaryl/α,β-unsaturated/α-hetero) is 1. The number of hydrogen-bond acceptors (Lipinski definition) is 6. The molecular weight excluding hydrogens is 373 g/mol. The van der Waals surface area contributed by atoms with E-state index in [-0.39, 0.29) is 6.42 Å². The number of carboxylic acids is 1. The fourth-order valence-corrected chi connectivity index (χ4v) is 2.82. The monoisotopic (exact) mass is 388 g/mol. The zero-order valence-corrected chi connectivity index (χ0v) is 13.9. The van der Waals surface area contributed by atoms with Crippen LogP contribution >= 0.6 is 0 Å². The van der Waals surface area contributed by atoms with E-state index in [9.17, 15) is 32.3 Å². The number of fused-ring (bicyclic) bond motifs is 1. The summed E-state index contributed by atoms with van der Waals surface area (Å²) in [7, 11) is 0.975. The molecule has 1 aromatic rings. The highest BCUT2D eigenvalue weighted by Crippen LogP contribution is 2.35. The van der Waals surface area contributed by atoms with E-state index in [1.807, 2.05) is 0 Å². The number of aliphatic carboxylic acids is 1. The lowest BCUT2D eigenvalue weighted by molar-refractivity contribution is -0.175. The zero-order valence-electron chi connectivity index (χ0n) is 13.9. The van der Waals surface area contributed by atoms with Crippen molar-refractivity contribution in [2.75, 3.05) is 12.4 Å². The van der Waals surface area contributed by atoms with Crippen molar-refractivity contribution >= 4 is 29.3 Å². The first-order chi connectivity index (χ1) is 12.5. The Labute approximate surface area is 150 Å². The summed E-state index contributed by atoms with van der Waals surface area (Å²) in [4.78, 5) is 47.5. The molecule has 0 unspecified atom stereocenters. The molecule has 1 heterocycles. The first-order valence-corrected chi connectivity index (χ1v) is 7.59. The number of alkyl halides is 3. The Morgan fingerprint density at radius 1 is 1.30 bits per heavy atom. The van der Waals surface area contributed by atoms with Gasteiger partial charge in [0.2, 0.25) is 5.54 Å². The Hall–Kier alpha value is -3.11. The second kappa shape index (κ2) is 7.25. The fraction of sp³-hybridized carbons (Fsp3) is 0.375. The average Bonchev–Trinajstić information content (AvgIpc) is 2.99. The van der Waals surface area contributed by atoms with Crippen molar-refractivity contribution in [3.8, 4) is 0 Å². The van der Waals surface area contributed by atoms with E-state index in [1.165, 1.54) is 11.4 Å². The minimum Gasteiger partial charge on any atom is -0.481 e. The molecule has 0 spiro atoms. The van der Waals surface area contributed by atoms with Crippen LogP contribution in [0.15, 0.2) is 24.3 Å². The van der Waals surface area contributed by atoms with Crippen LogP contribution in [-0.2, 0) is 30.3 Å². The van der Waals surface area contributed by atoms with Gasteiger partial charge in [-0.05, 0) is 11.6 Å². The Morgan fingerprint density at radius 2 is 1.93 bits per heavy atom. The smallest absolute Gasteiger partial charge is 0.471 e. The molecule has 1 amide bonds. The number of esters is 1. The first-order valence-electron chi connectivity index (χ1n) is 7.59. The number of carbonyl (C=O) groups excluding carboxylic acids is 3. The van der Waals surface area contributed by atoms with Crippen molar-refractivity contribution in [1.82, 2.24) is 5.32 Å². The van der Waals surface area contributed by atoms with Crippen LogP contribution in [0.4, 0.5) is 18.9 Å². The van der Waals surface area contributed by atoms with E-state index in [1.54, 1.807) is 18.2 Å². The van der Waals surface area contributed by atoms with Gasteiger partial charge in [-0.1, -0.05) is 18.2 Å². The van der Waals surface area contributed by atoms with Crippen molar-refractivity contribution in [1.29, 1.82) is 0 Å². The lowest BCUT2D eigenvalue weighted by Crippen LogP contribution is -2.61. The maximum atomic E-state index is 12.9. The quantitative estimate of drug-likeness (QED) is 0.483. The third-order valence-electron chi connectivity index (χ3n) is 4.03. The summed E-state index contributed by atoms with van der Waals surface area (Å²) in [5.41, 5.74) is -1.28. The third-order valence-corrected chi connectivity index (χ3v) is 4.03. The van der Waals surface area contributed by atoms with Gasteiger partial charge in [0, 0.05) is 12.1 Å². The molecule has 0 saturated carbocycles. The molecule has 0 aromatic heterocycles. The molecule has 2 rings (SSSR count). The van der Waals surface area contributed by atoms with Crippen LogP contribution in [0.1, 0.15) is 12.0 Å². The Morgan fingerprint density at radius 3 is 2.44 bits per heavy atom. The lowest BCUT2D eigenvalue weighted by Gasteiger charge is -2.29. The van der Waals surface area contributed by atoms with Gasteiger partial charge in [-0.2, -0.15) is 13.2 Å². The first kappa shape index (κ1) is 20.2. The second-order valence-electron chi connectivity index (χ2n) is 5.84. The van der Waals surface area contributed by atoms with E-state index in [0.29, 0.717) is 11.3 Å². The van der Waals surface area contributed by atoms with Gasteiger partial charge in [0.1, 0.15) is 6.04 Å². The van der Waals surface area contributed by atoms with E-state index in [4.69, 9.17) is 5.11 Å². The molecule has 0 fully saturated rings. The van der Waals surface area contributed by atoms with Crippen molar-refractivity contribution in [2.24, 2.45) is 0 Å². The fourth-order valence-electron chi connectivity index (χ4n) is 2.82. The maximum absolute atomic E-state index is 12.9. The van der Waals surface area contributed by atoms with Crippen LogP contribution in [0.25, 0.3) is 0 Å². The van der Waals surface area contributed by atoms with E-state index in [0.717, 1.165) is 7.11 Å². The van der Waals surface area contributed by atoms with Gasteiger partial charge >= 0.3 is 24.0 Å². The highest BCUT2D eigenvalue weighted by atomic mass is 19.4. The number of hydrogen-bond donors (Lipinski definition) is 3. The van der Waals surface area contributed by atoms with Gasteiger partial charge < -0.3 is 20.5 Å². The predicted octanol–water partition coefficient (Wildman–Crippen LogP) is 0.657. The molecule has 0 saturated heterocycles. The van der Waals surface area contributed by atoms with E-state index >= 15 is 0 Å². The Kier molecular flexibility index (Phi) is 5.43. The number of rotatable bonds is 6. The third kappa shape index (κ3) is 4.01. The van der Waals surface area contributed by atoms with Gasteiger partial charge in [-0.15, -0.1) is 0 Å². The number of carbonyl (C=O) groups is 4. The molecule has 1 aliphatic heterocycles. The van der Waals surface area contributed by atoms with E-state index < -0.39 is 47.8 Å². The molecule has 0 aliphatic carbocycles. The van der Waals surface area contributed by atoms with Crippen LogP contribution in [0, 0.1) is 0 Å². The highest BCUT2D eigenvalue weighted by molar-refractivity contribution is 6.16. The van der Waals surface area contributed by atoms with Crippen molar-refractivity contribution in [3.63, 3.8) is 0 Å². The minimum absolute atomic E-state index is 0.271. The minimum atomic E-state index is -5.33. The van der Waals surface area contributed by atoms with Crippen LogP contribution in [0.5, 0.6) is 0 Å². The van der Waals surface area contributed by atoms with Gasteiger partial charge in [-0.3, -0.25) is 14.4 Å². The average molecular weight is 388 g/mol. The zero-order chi connectivity index (χ0) is 20.4. The number of halogens is 3. The molecule has 0 bridgehead atoms. The molecule has 146 valence electrons. The van der Waals surface area contributed by atoms with Crippen LogP contribution in [-0.4, -0.2) is 53.6 Å². The number of ketones is 1. The van der Waals surface area contributed by atoms with Crippen LogP contribution < -0.4 is 10.6 Å². The molecule has 1 aromatic carbocycles. The molecule has 8 nitrogen and oxygen atoms in total. The number of methoxy groups -OCH3 is 1. The molecule has 27 heavy (non-hydrogen) atoms. The predicted molar refractivity (Wildman–Crippen MR) is 83.8 cm³/mol. The number of nitrogens with one attached hydrogen (secondary N) is 2. The summed E-state index contributed by atoms with van der Waals surface area (Å²) in [6.07, 6.45) is -6.74. The maximum Gasteiger partial charge on any atom is 0.471 e. The molecule has 0 radical (unpaired) electrons. The van der Waals surface area contributed by atoms with Crippen molar-refractivity contribution < 1.29 is 42.2 Å². The highest BCUT2D eigenvalue weighted by Gasteiger charge is 2.54. The van der Waals surface area contributed by atoms with Crippen LogP contribution in [0.3, 0.4) is 0 Å². The number of carboxylic acid groups (broad SMARTS) is 1. The summed E-state index contributed by atoms with van der Waals surface area (Å²) in [5, 5.41) is 12.9. The number of ether oxygens (including phenoxy) is 1. The standard InChI is InChI=1S/C16H15F3N2O6/c1-27-14(26)15(7-8-4-2-3-5-9(8)21-15)12(24)10(6-11(22)23)20-13(25)16(17,18)19/h2-5,10,21H,6-7H2,1H3,(H,20,25)(H,22,23)/t10-,15-/m0/s1. The SMILES string of the molecule is COC(=O)[C@@]1(C(=O)[C@H](CC(=O)O)NC(=O)C(F)(F)F)Cc2ccccc2N1. The normalized spacial score (nSPS) is 19.4. The molecule has 2 atom stereocenters. The van der Waals surface area contributed by atoms with Gasteiger partial charge in [0.05, 0.1) is 13.5 Å². The molecule has 11 heteroatoms. The Balaban J connectivity index is 2.41. The summed E-state index contributed by atoms with van der Waals surface area (Å²) in [6, 6.07) is 4.24. The number of benzene rings is 1. The summed E-state index contributed by atoms with van der Waals surface area (Å²) >= 11 is 0. The topological polar surface area (TPSA) is 122 Å². The summed E-state index contributed by atoms with van der Waals surface area (Å²) < 4.78 is 42.2. The van der Waals surface area contributed by atoms with Crippen molar-refractivity contribution in [2.45, 2.75) is 30.6 Å². The van der Waals surface area contributed by atoms with E-state index in [2.05, 4.69) is 10.1 Å². The lowest BCUT2D eigenvalue weighted by atomic mass is 9.85. The van der Waals surface area contributed by atoms with Gasteiger partial charge in [0.15, 0.2) is 5.78 Å². The number of amides is 1. The molecular formula is C16H15F3N2O6. The summed E-state index contributed by atoms with van der Waals surface area (Å²) in [5.74, 6) is -6.48. The Bertz CT molecular complexity index is 768. The van der Waals surface area contributed by atoms with Crippen molar-refractivity contribution in [3.05, 3.63) is 29.8 Å². The molecule has 3 N–H and O–H groups in total.